The van der Waals surface area contributed by atoms with E-state index in [4.69, 9.17) is 11.6 Å². The fourth-order valence-corrected chi connectivity index (χ4v) is 3.74. The number of halogens is 1. The van der Waals surface area contributed by atoms with E-state index in [-0.39, 0.29) is 28.4 Å². The van der Waals surface area contributed by atoms with Crippen LogP contribution in [0.4, 0.5) is 0 Å². The molecule has 2 unspecified atom stereocenters. The molecule has 1 amide bonds. The monoisotopic (exact) mass is 314 g/mol. The summed E-state index contributed by atoms with van der Waals surface area (Å²) in [6.07, 6.45) is 1.58. The Morgan fingerprint density at radius 2 is 1.95 bits per heavy atom. The van der Waals surface area contributed by atoms with Crippen molar-refractivity contribution in [3.63, 3.8) is 0 Å². The van der Waals surface area contributed by atoms with Gasteiger partial charge in [0.1, 0.15) is 5.15 Å². The highest BCUT2D eigenvalue weighted by atomic mass is 35.5. The number of nitrogens with zero attached hydrogens (tertiary/aromatic N) is 1. The molecule has 114 valence electrons. The number of benzene rings is 1. The zero-order valence-corrected chi connectivity index (χ0v) is 13.7. The highest BCUT2D eigenvalue weighted by Crippen LogP contribution is 2.45. The van der Waals surface area contributed by atoms with Crippen LogP contribution in [0.1, 0.15) is 48.2 Å². The smallest absolute Gasteiger partial charge is 0.254 e. The lowest BCUT2D eigenvalue weighted by molar-refractivity contribution is 0.0916. The van der Waals surface area contributed by atoms with E-state index in [1.807, 2.05) is 6.07 Å². The van der Waals surface area contributed by atoms with Crippen molar-refractivity contribution < 1.29 is 4.79 Å². The van der Waals surface area contributed by atoms with Crippen molar-refractivity contribution in [3.05, 3.63) is 64.4 Å². The minimum absolute atomic E-state index is 0.0219. The summed E-state index contributed by atoms with van der Waals surface area (Å²) in [5, 5.41) is 3.40. The molecule has 0 bridgehead atoms. The molecule has 0 saturated heterocycles. The van der Waals surface area contributed by atoms with Gasteiger partial charge in [0, 0.05) is 23.6 Å². The number of pyridine rings is 1. The van der Waals surface area contributed by atoms with Gasteiger partial charge in [-0.1, -0.05) is 56.6 Å². The van der Waals surface area contributed by atoms with Gasteiger partial charge in [0.2, 0.25) is 0 Å². The first-order valence-corrected chi connectivity index (χ1v) is 7.81. The van der Waals surface area contributed by atoms with Crippen molar-refractivity contribution in [2.45, 2.75) is 38.1 Å². The van der Waals surface area contributed by atoms with E-state index in [1.165, 1.54) is 11.1 Å². The van der Waals surface area contributed by atoms with Gasteiger partial charge >= 0.3 is 0 Å². The molecular formula is C18H19ClN2O. The lowest BCUT2D eigenvalue weighted by atomic mass is 9.81. The highest BCUT2D eigenvalue weighted by Gasteiger charge is 2.44. The van der Waals surface area contributed by atoms with Crippen LogP contribution < -0.4 is 5.32 Å². The van der Waals surface area contributed by atoms with Gasteiger partial charge in [0.05, 0.1) is 5.56 Å². The van der Waals surface area contributed by atoms with Crippen LogP contribution >= 0.6 is 11.6 Å². The molecule has 0 radical (unpaired) electrons. The SMILES string of the molecule is CC1c2ccccc2C(C)(C)C1NC(=O)c1cccnc1Cl. The molecule has 0 fully saturated rings. The lowest BCUT2D eigenvalue weighted by Crippen LogP contribution is -2.46. The first kappa shape index (κ1) is 15.0. The Hall–Kier alpha value is -1.87. The Bertz CT molecular complexity index is 727. The third kappa shape index (κ3) is 2.30. The molecule has 1 heterocycles. The van der Waals surface area contributed by atoms with Crippen LogP contribution in [0.25, 0.3) is 0 Å². The van der Waals surface area contributed by atoms with E-state index >= 15 is 0 Å². The van der Waals surface area contributed by atoms with Crippen molar-refractivity contribution >= 4 is 17.5 Å². The van der Waals surface area contributed by atoms with Crippen molar-refractivity contribution in [1.29, 1.82) is 0 Å². The summed E-state index contributed by atoms with van der Waals surface area (Å²) in [7, 11) is 0. The summed E-state index contributed by atoms with van der Waals surface area (Å²) in [6.45, 7) is 6.50. The van der Waals surface area contributed by atoms with Crippen LogP contribution in [-0.4, -0.2) is 16.9 Å². The molecule has 1 N–H and O–H groups in total. The molecule has 22 heavy (non-hydrogen) atoms. The molecule has 1 aromatic heterocycles. The molecule has 0 saturated carbocycles. The fourth-order valence-electron chi connectivity index (χ4n) is 3.53. The number of carbonyl (C=O) groups is 1. The molecule has 2 atom stereocenters. The molecule has 3 rings (SSSR count). The molecule has 0 aliphatic heterocycles. The summed E-state index contributed by atoms with van der Waals surface area (Å²) >= 11 is 6.03. The molecule has 1 aromatic carbocycles. The van der Waals surface area contributed by atoms with Gasteiger partial charge in [-0.15, -0.1) is 0 Å². The quantitative estimate of drug-likeness (QED) is 0.853. The first-order valence-electron chi connectivity index (χ1n) is 7.43. The second-order valence-electron chi connectivity index (χ2n) is 6.39. The van der Waals surface area contributed by atoms with Gasteiger partial charge in [0.25, 0.3) is 5.91 Å². The van der Waals surface area contributed by atoms with Crippen molar-refractivity contribution in [3.8, 4) is 0 Å². The Morgan fingerprint density at radius 3 is 2.64 bits per heavy atom. The minimum Gasteiger partial charge on any atom is -0.348 e. The van der Waals surface area contributed by atoms with Crippen LogP contribution in [0.2, 0.25) is 5.15 Å². The maximum Gasteiger partial charge on any atom is 0.254 e. The van der Waals surface area contributed by atoms with Crippen LogP contribution in [0.15, 0.2) is 42.6 Å². The molecule has 3 nitrogen and oxygen atoms in total. The number of carbonyl (C=O) groups excluding carboxylic acids is 1. The molecule has 0 spiro atoms. The lowest BCUT2D eigenvalue weighted by Gasteiger charge is -2.31. The number of hydrogen-bond donors (Lipinski definition) is 1. The number of rotatable bonds is 2. The predicted molar refractivity (Wildman–Crippen MR) is 88.4 cm³/mol. The summed E-state index contributed by atoms with van der Waals surface area (Å²) in [6, 6.07) is 11.8. The number of fused-ring (bicyclic) bond motifs is 1. The standard InChI is InChI=1S/C18H19ClN2O/c1-11-12-7-4-5-9-14(12)18(2,3)15(11)21-17(22)13-8-6-10-20-16(13)19/h4-11,15H,1-3H3,(H,21,22). The zero-order valence-electron chi connectivity index (χ0n) is 12.9. The van der Waals surface area contributed by atoms with Gasteiger partial charge in [0.15, 0.2) is 0 Å². The van der Waals surface area contributed by atoms with E-state index in [9.17, 15) is 4.79 Å². The first-order chi connectivity index (χ1) is 10.4. The Balaban J connectivity index is 1.91. The third-order valence-electron chi connectivity index (χ3n) is 4.71. The number of aromatic nitrogens is 1. The van der Waals surface area contributed by atoms with Gasteiger partial charge in [-0.25, -0.2) is 4.98 Å². The maximum atomic E-state index is 12.6. The largest absolute Gasteiger partial charge is 0.348 e. The van der Waals surface area contributed by atoms with E-state index in [0.717, 1.165) is 0 Å². The third-order valence-corrected chi connectivity index (χ3v) is 5.01. The van der Waals surface area contributed by atoms with E-state index < -0.39 is 0 Å². The van der Waals surface area contributed by atoms with Crippen molar-refractivity contribution in [1.82, 2.24) is 10.3 Å². The topological polar surface area (TPSA) is 42.0 Å². The summed E-state index contributed by atoms with van der Waals surface area (Å²) in [5.74, 6) is 0.0847. The maximum absolute atomic E-state index is 12.6. The van der Waals surface area contributed by atoms with Gasteiger partial charge in [-0.2, -0.15) is 0 Å². The second kappa shape index (κ2) is 5.40. The number of amides is 1. The van der Waals surface area contributed by atoms with Crippen LogP contribution in [0.5, 0.6) is 0 Å². The van der Waals surface area contributed by atoms with E-state index in [1.54, 1.807) is 18.3 Å². The molecule has 1 aliphatic rings. The average Bonchev–Trinajstić information content (AvgIpc) is 2.69. The van der Waals surface area contributed by atoms with Gasteiger partial charge < -0.3 is 5.32 Å². The molecule has 4 heteroatoms. The van der Waals surface area contributed by atoms with Crippen LogP contribution in [-0.2, 0) is 5.41 Å². The molecule has 1 aliphatic carbocycles. The minimum atomic E-state index is -0.171. The average molecular weight is 315 g/mol. The number of nitrogens with one attached hydrogen (secondary N) is 1. The van der Waals surface area contributed by atoms with Crippen molar-refractivity contribution in [2.75, 3.05) is 0 Å². The highest BCUT2D eigenvalue weighted by molar-refractivity contribution is 6.32. The predicted octanol–water partition coefficient (Wildman–Crippen LogP) is 3.93. The van der Waals surface area contributed by atoms with Crippen molar-refractivity contribution in [2.24, 2.45) is 0 Å². The van der Waals surface area contributed by atoms with Crippen LogP contribution in [0, 0.1) is 0 Å². The van der Waals surface area contributed by atoms with Gasteiger partial charge in [-0.05, 0) is 23.3 Å². The zero-order chi connectivity index (χ0) is 15.9. The van der Waals surface area contributed by atoms with Crippen LogP contribution in [0.3, 0.4) is 0 Å². The second-order valence-corrected chi connectivity index (χ2v) is 6.75. The molecule has 2 aromatic rings. The summed E-state index contributed by atoms with van der Waals surface area (Å²) < 4.78 is 0. The number of hydrogen-bond acceptors (Lipinski definition) is 2. The Morgan fingerprint density at radius 1 is 1.23 bits per heavy atom. The Labute approximate surface area is 135 Å². The summed E-state index contributed by atoms with van der Waals surface area (Å²) in [5.41, 5.74) is 2.89. The van der Waals surface area contributed by atoms with Gasteiger partial charge in [-0.3, -0.25) is 4.79 Å². The van der Waals surface area contributed by atoms with E-state index in [2.05, 4.69) is 49.3 Å². The Kier molecular flexibility index (Phi) is 3.69. The van der Waals surface area contributed by atoms with E-state index in [0.29, 0.717) is 5.56 Å². The molecular weight excluding hydrogens is 296 g/mol. The summed E-state index contributed by atoms with van der Waals surface area (Å²) in [4.78, 5) is 16.5. The normalized spacial score (nSPS) is 22.2. The fraction of sp³-hybridized carbons (Fsp3) is 0.333.